The average molecular weight is 591 g/mol. The molecule has 0 fully saturated rings. The van der Waals surface area contributed by atoms with E-state index < -0.39 is 0 Å². The van der Waals surface area contributed by atoms with Gasteiger partial charge in [-0.2, -0.15) is 0 Å². The van der Waals surface area contributed by atoms with Crippen molar-refractivity contribution in [2.24, 2.45) is 0 Å². The zero-order valence-electron chi connectivity index (χ0n) is 24.3. The van der Waals surface area contributed by atoms with Crippen LogP contribution in [0.25, 0.3) is 86.3 Å². The molecule has 3 heterocycles. The molecule has 3 aromatic heterocycles. The topological polar surface area (TPSA) is 9.86 Å². The van der Waals surface area contributed by atoms with Crippen LogP contribution in [0.4, 0.5) is 0 Å². The Bertz CT molecular complexity index is 2730. The SMILES string of the molecule is c1ccc(-c2ccc3c(c2)c2cc4c5c6sc7ccccc7c6ccc5n(-c5ccccc5)c4cc2n3-c2ccccc2)cc1. The number of fused-ring (bicyclic) bond motifs is 10. The maximum Gasteiger partial charge on any atom is 0.0562 e. The standard InChI is InChI=1S/C42H26N2S/c1-4-12-27(13-5-1)28-20-22-36-33(24-28)34-25-35-39(26-38(34)43(36)29-14-6-2-7-15-29)44(30-16-8-3-9-17-30)37-23-21-32-31-18-10-11-19-40(31)45-42(32)41(35)37/h1-26H. The van der Waals surface area contributed by atoms with Gasteiger partial charge in [0.2, 0.25) is 0 Å². The number of rotatable bonds is 3. The lowest BCUT2D eigenvalue weighted by Crippen LogP contribution is -1.95. The van der Waals surface area contributed by atoms with Crippen LogP contribution in [0.1, 0.15) is 0 Å². The van der Waals surface area contributed by atoms with Crippen molar-refractivity contribution in [1.29, 1.82) is 0 Å². The van der Waals surface area contributed by atoms with E-state index in [0.29, 0.717) is 0 Å². The first kappa shape index (κ1) is 24.8. The van der Waals surface area contributed by atoms with Crippen LogP contribution in [0.15, 0.2) is 158 Å². The van der Waals surface area contributed by atoms with Gasteiger partial charge in [0.15, 0.2) is 0 Å². The first-order valence-corrected chi connectivity index (χ1v) is 16.2. The lowest BCUT2D eigenvalue weighted by atomic mass is 10.0. The summed E-state index contributed by atoms with van der Waals surface area (Å²) < 4.78 is 7.57. The van der Waals surface area contributed by atoms with E-state index in [9.17, 15) is 0 Å². The lowest BCUT2D eigenvalue weighted by molar-refractivity contribution is 1.16. The second-order valence-electron chi connectivity index (χ2n) is 11.8. The van der Waals surface area contributed by atoms with E-state index >= 15 is 0 Å². The van der Waals surface area contributed by atoms with Gasteiger partial charge >= 0.3 is 0 Å². The van der Waals surface area contributed by atoms with Crippen molar-refractivity contribution in [1.82, 2.24) is 9.13 Å². The summed E-state index contributed by atoms with van der Waals surface area (Å²) in [4.78, 5) is 0. The highest BCUT2D eigenvalue weighted by Gasteiger charge is 2.21. The van der Waals surface area contributed by atoms with Gasteiger partial charge in [-0.25, -0.2) is 0 Å². The second-order valence-corrected chi connectivity index (χ2v) is 12.8. The first-order chi connectivity index (χ1) is 22.3. The molecule has 0 aliphatic carbocycles. The molecule has 0 bridgehead atoms. The van der Waals surface area contributed by atoms with Crippen LogP contribution in [-0.4, -0.2) is 9.13 Å². The largest absolute Gasteiger partial charge is 0.309 e. The minimum atomic E-state index is 1.17. The number of hydrogen-bond donors (Lipinski definition) is 0. The molecule has 0 amide bonds. The number of thiophene rings is 1. The molecule has 0 N–H and O–H groups in total. The Hall–Kier alpha value is -5.64. The molecule has 0 saturated carbocycles. The van der Waals surface area contributed by atoms with E-state index in [1.54, 1.807) is 0 Å². The minimum absolute atomic E-state index is 1.17. The van der Waals surface area contributed by atoms with Crippen molar-refractivity contribution in [3.05, 3.63) is 158 Å². The van der Waals surface area contributed by atoms with E-state index in [1.165, 1.54) is 86.3 Å². The lowest BCUT2D eigenvalue weighted by Gasteiger charge is -2.10. The first-order valence-electron chi connectivity index (χ1n) is 15.4. The molecule has 45 heavy (non-hydrogen) atoms. The van der Waals surface area contributed by atoms with Gasteiger partial charge in [-0.1, -0.05) is 97.1 Å². The Morgan fingerprint density at radius 3 is 1.71 bits per heavy atom. The second kappa shape index (κ2) is 9.43. The highest BCUT2D eigenvalue weighted by molar-refractivity contribution is 7.26. The minimum Gasteiger partial charge on any atom is -0.309 e. The molecule has 0 aliphatic heterocycles. The van der Waals surface area contributed by atoms with E-state index in [2.05, 4.69) is 167 Å². The molecule has 0 radical (unpaired) electrons. The quantitative estimate of drug-likeness (QED) is 0.194. The third kappa shape index (κ3) is 3.56. The van der Waals surface area contributed by atoms with Gasteiger partial charge in [-0.15, -0.1) is 11.3 Å². The van der Waals surface area contributed by atoms with E-state index in [0.717, 1.165) is 0 Å². The van der Waals surface area contributed by atoms with Crippen LogP contribution in [0, 0.1) is 0 Å². The molecule has 0 atom stereocenters. The fraction of sp³-hybridized carbons (Fsp3) is 0. The smallest absolute Gasteiger partial charge is 0.0562 e. The predicted molar refractivity (Wildman–Crippen MR) is 193 cm³/mol. The predicted octanol–water partition coefficient (Wildman–Crippen LogP) is 11.9. The molecule has 10 aromatic rings. The zero-order valence-corrected chi connectivity index (χ0v) is 25.1. The summed E-state index contributed by atoms with van der Waals surface area (Å²) in [7, 11) is 0. The monoisotopic (exact) mass is 590 g/mol. The van der Waals surface area contributed by atoms with E-state index in [4.69, 9.17) is 0 Å². The summed E-state index contributed by atoms with van der Waals surface area (Å²) in [6, 6.07) is 57.5. The molecule has 0 saturated heterocycles. The Morgan fingerprint density at radius 2 is 0.956 bits per heavy atom. The average Bonchev–Trinajstić information content (AvgIpc) is 3.75. The van der Waals surface area contributed by atoms with Crippen molar-refractivity contribution in [2.75, 3.05) is 0 Å². The van der Waals surface area contributed by atoms with Crippen molar-refractivity contribution in [3.8, 4) is 22.5 Å². The van der Waals surface area contributed by atoms with Gasteiger partial charge in [-0.05, 0) is 71.8 Å². The fourth-order valence-corrected chi connectivity index (χ4v) is 8.57. The van der Waals surface area contributed by atoms with Crippen molar-refractivity contribution in [2.45, 2.75) is 0 Å². The maximum absolute atomic E-state index is 2.47. The zero-order chi connectivity index (χ0) is 29.5. The van der Waals surface area contributed by atoms with Gasteiger partial charge in [0, 0.05) is 53.1 Å². The summed E-state index contributed by atoms with van der Waals surface area (Å²) >= 11 is 1.91. The van der Waals surface area contributed by atoms with Crippen LogP contribution in [-0.2, 0) is 0 Å². The molecule has 10 rings (SSSR count). The van der Waals surface area contributed by atoms with Crippen molar-refractivity contribution in [3.63, 3.8) is 0 Å². The third-order valence-corrected chi connectivity index (χ3v) is 10.5. The molecule has 0 unspecified atom stereocenters. The van der Waals surface area contributed by atoms with Crippen LogP contribution in [0.2, 0.25) is 0 Å². The molecular formula is C42H26N2S. The third-order valence-electron chi connectivity index (χ3n) is 9.29. The Kier molecular flexibility index (Phi) is 5.19. The summed E-state index contributed by atoms with van der Waals surface area (Å²) in [5, 5.41) is 7.80. The number of hydrogen-bond acceptors (Lipinski definition) is 1. The fourth-order valence-electron chi connectivity index (χ4n) is 7.32. The van der Waals surface area contributed by atoms with E-state index in [-0.39, 0.29) is 0 Å². The summed E-state index contributed by atoms with van der Waals surface area (Å²) in [6.07, 6.45) is 0. The number of para-hydroxylation sites is 2. The Morgan fingerprint density at radius 1 is 0.356 bits per heavy atom. The molecule has 7 aromatic carbocycles. The van der Waals surface area contributed by atoms with Crippen molar-refractivity contribution >= 4 is 75.1 Å². The van der Waals surface area contributed by atoms with Gasteiger partial charge < -0.3 is 9.13 Å². The van der Waals surface area contributed by atoms with Crippen LogP contribution >= 0.6 is 11.3 Å². The maximum atomic E-state index is 2.47. The van der Waals surface area contributed by atoms with Crippen LogP contribution in [0.3, 0.4) is 0 Å². The highest BCUT2D eigenvalue weighted by Crippen LogP contribution is 2.45. The number of nitrogens with zero attached hydrogens (tertiary/aromatic N) is 2. The Labute approximate surface area is 263 Å². The van der Waals surface area contributed by atoms with Crippen LogP contribution in [0.5, 0.6) is 0 Å². The van der Waals surface area contributed by atoms with Gasteiger partial charge in [0.1, 0.15) is 0 Å². The molecule has 210 valence electrons. The van der Waals surface area contributed by atoms with Crippen molar-refractivity contribution < 1.29 is 0 Å². The molecule has 0 aliphatic rings. The summed E-state index contributed by atoms with van der Waals surface area (Å²) in [5.74, 6) is 0. The molecule has 2 nitrogen and oxygen atoms in total. The molecular weight excluding hydrogens is 565 g/mol. The number of aromatic nitrogens is 2. The molecule has 0 spiro atoms. The van der Waals surface area contributed by atoms with Gasteiger partial charge in [0.05, 0.1) is 22.1 Å². The van der Waals surface area contributed by atoms with Gasteiger partial charge in [-0.3, -0.25) is 0 Å². The molecule has 3 heteroatoms. The Balaban J connectivity index is 1.41. The van der Waals surface area contributed by atoms with E-state index in [1.807, 2.05) is 11.3 Å². The summed E-state index contributed by atoms with van der Waals surface area (Å²) in [6.45, 7) is 0. The van der Waals surface area contributed by atoms with Gasteiger partial charge in [0.25, 0.3) is 0 Å². The normalized spacial score (nSPS) is 12.0. The summed E-state index contributed by atoms with van der Waals surface area (Å²) in [5.41, 5.74) is 9.68. The highest BCUT2D eigenvalue weighted by atomic mass is 32.1. The van der Waals surface area contributed by atoms with Crippen LogP contribution < -0.4 is 0 Å². The number of benzene rings is 7.